The lowest BCUT2D eigenvalue weighted by atomic mass is 9.89. The van der Waals surface area contributed by atoms with Crippen molar-refractivity contribution in [3.8, 4) is 0 Å². The third-order valence-corrected chi connectivity index (χ3v) is 7.93. The van der Waals surface area contributed by atoms with Gasteiger partial charge in [0.05, 0.1) is 22.3 Å². The summed E-state index contributed by atoms with van der Waals surface area (Å²) in [4.78, 5) is 40.4. The molecule has 10 heteroatoms. The van der Waals surface area contributed by atoms with Crippen molar-refractivity contribution in [2.24, 2.45) is 0 Å². The molecule has 4 rings (SSSR count). The zero-order chi connectivity index (χ0) is 19.1. The second-order valence-corrected chi connectivity index (χ2v) is 9.94. The zero-order valence-corrected chi connectivity index (χ0v) is 17.1. The van der Waals surface area contributed by atoms with E-state index in [4.69, 9.17) is 16.3 Å². The predicted molar refractivity (Wildman–Crippen MR) is 105 cm³/mol. The summed E-state index contributed by atoms with van der Waals surface area (Å²) in [6, 6.07) is 3.70. The molecule has 4 atom stereocenters. The van der Waals surface area contributed by atoms with Crippen molar-refractivity contribution in [2.45, 2.75) is 42.7 Å². The number of nitrogens with zero attached hydrogens (tertiary/aromatic N) is 2. The molecule has 0 radical (unpaired) electrons. The number of halogens is 1. The fraction of sp³-hybridized carbons (Fsp3) is 0.588. The SMILES string of the molecule is CN1C(=O)SC2CC(N3C[C@H](CNC(=O)c4ccc(Cl)s4)OC3=O)CCC21. The fourth-order valence-electron chi connectivity index (χ4n) is 3.97. The number of thiophene rings is 1. The van der Waals surface area contributed by atoms with Crippen molar-refractivity contribution in [1.29, 1.82) is 0 Å². The van der Waals surface area contributed by atoms with E-state index in [1.165, 1.54) is 23.1 Å². The number of cyclic esters (lactones) is 1. The number of nitrogens with one attached hydrogen (secondary N) is 1. The third kappa shape index (κ3) is 3.77. The topological polar surface area (TPSA) is 79.0 Å². The molecular formula is C17H20ClN3O4S2. The Kier molecular flexibility index (Phi) is 5.26. The highest BCUT2D eigenvalue weighted by molar-refractivity contribution is 8.14. The van der Waals surface area contributed by atoms with Crippen molar-refractivity contribution < 1.29 is 19.1 Å². The smallest absolute Gasteiger partial charge is 0.410 e. The molecule has 7 nitrogen and oxygen atoms in total. The van der Waals surface area contributed by atoms with Gasteiger partial charge in [0.1, 0.15) is 6.10 Å². The van der Waals surface area contributed by atoms with Crippen LogP contribution in [0, 0.1) is 0 Å². The standard InChI is InChI=1S/C17H20ClN3O4S2/c1-20-11-3-2-9(6-13(11)27-17(20)24)21-8-10(25-16(21)23)7-19-15(22)12-4-5-14(18)26-12/h4-5,9-11,13H,2-3,6-8H2,1H3,(H,19,22)/t9?,10-,11?,13?/m0/s1. The van der Waals surface area contributed by atoms with Gasteiger partial charge >= 0.3 is 6.09 Å². The van der Waals surface area contributed by atoms with Gasteiger partial charge in [-0.1, -0.05) is 23.4 Å². The maximum Gasteiger partial charge on any atom is 0.410 e. The summed E-state index contributed by atoms with van der Waals surface area (Å²) in [6.07, 6.45) is 1.86. The largest absolute Gasteiger partial charge is 0.442 e. The molecule has 3 heterocycles. The minimum absolute atomic E-state index is 0.0855. The van der Waals surface area contributed by atoms with E-state index in [-0.39, 0.29) is 47.2 Å². The van der Waals surface area contributed by atoms with E-state index in [9.17, 15) is 14.4 Å². The Morgan fingerprint density at radius 1 is 1.37 bits per heavy atom. The Morgan fingerprint density at radius 2 is 2.19 bits per heavy atom. The van der Waals surface area contributed by atoms with E-state index in [1.54, 1.807) is 17.0 Å². The van der Waals surface area contributed by atoms with Crippen LogP contribution in [0.5, 0.6) is 0 Å². The molecule has 1 N–H and O–H groups in total. The van der Waals surface area contributed by atoms with Crippen molar-refractivity contribution in [2.75, 3.05) is 20.1 Å². The first-order valence-corrected chi connectivity index (χ1v) is 10.9. The molecule has 3 aliphatic rings. The average Bonchev–Trinajstić information content (AvgIpc) is 3.31. The Labute approximate surface area is 170 Å². The lowest BCUT2D eigenvalue weighted by molar-refractivity contribution is 0.0916. The van der Waals surface area contributed by atoms with Crippen LogP contribution >= 0.6 is 34.7 Å². The molecule has 3 fully saturated rings. The van der Waals surface area contributed by atoms with Gasteiger partial charge in [-0.05, 0) is 31.4 Å². The molecule has 1 aromatic rings. The summed E-state index contributed by atoms with van der Waals surface area (Å²) < 4.78 is 6.00. The first kappa shape index (κ1) is 18.9. The van der Waals surface area contributed by atoms with E-state index in [0.717, 1.165) is 19.3 Å². The average molecular weight is 430 g/mol. The molecule has 1 aromatic heterocycles. The molecule has 27 heavy (non-hydrogen) atoms. The minimum atomic E-state index is -0.366. The van der Waals surface area contributed by atoms with E-state index in [2.05, 4.69) is 5.32 Å². The Morgan fingerprint density at radius 3 is 2.93 bits per heavy atom. The number of thioether (sulfide) groups is 1. The molecule has 2 aliphatic heterocycles. The molecule has 2 saturated heterocycles. The highest BCUT2D eigenvalue weighted by Crippen LogP contribution is 2.41. The quantitative estimate of drug-likeness (QED) is 0.795. The highest BCUT2D eigenvalue weighted by atomic mass is 35.5. The van der Waals surface area contributed by atoms with Gasteiger partial charge in [-0.25, -0.2) is 4.79 Å². The molecule has 1 saturated carbocycles. The molecule has 0 bridgehead atoms. The second-order valence-electron chi connectivity index (χ2n) is 7.04. The number of carbonyl (C=O) groups excluding carboxylic acids is 3. The first-order chi connectivity index (χ1) is 12.9. The maximum atomic E-state index is 12.3. The Balaban J connectivity index is 1.30. The molecule has 0 spiro atoms. The molecule has 0 aromatic carbocycles. The summed E-state index contributed by atoms with van der Waals surface area (Å²) in [5.74, 6) is -0.217. The second kappa shape index (κ2) is 7.52. The van der Waals surface area contributed by atoms with Gasteiger partial charge < -0.3 is 19.9 Å². The van der Waals surface area contributed by atoms with Gasteiger partial charge in [-0.2, -0.15) is 0 Å². The number of carbonyl (C=O) groups is 3. The Hall–Kier alpha value is -1.45. The highest BCUT2D eigenvalue weighted by Gasteiger charge is 2.46. The lowest BCUT2D eigenvalue weighted by Gasteiger charge is -2.36. The third-order valence-electron chi connectivity index (χ3n) is 5.40. The van der Waals surface area contributed by atoms with Crippen molar-refractivity contribution >= 4 is 51.9 Å². The Bertz CT molecular complexity index is 773. The lowest BCUT2D eigenvalue weighted by Crippen LogP contribution is -2.46. The van der Waals surface area contributed by atoms with Crippen LogP contribution in [0.3, 0.4) is 0 Å². The molecular weight excluding hydrogens is 410 g/mol. The van der Waals surface area contributed by atoms with Gasteiger partial charge in [0.15, 0.2) is 0 Å². The van der Waals surface area contributed by atoms with Gasteiger partial charge in [-0.3, -0.25) is 9.59 Å². The number of rotatable bonds is 4. The maximum absolute atomic E-state index is 12.3. The summed E-state index contributed by atoms with van der Waals surface area (Å²) in [7, 11) is 1.85. The van der Waals surface area contributed by atoms with Crippen LogP contribution in [0.1, 0.15) is 28.9 Å². The number of fused-ring (bicyclic) bond motifs is 1. The normalized spacial score (nSPS) is 30.4. The first-order valence-electron chi connectivity index (χ1n) is 8.86. The van der Waals surface area contributed by atoms with Gasteiger partial charge in [-0.15, -0.1) is 11.3 Å². The molecule has 146 valence electrons. The van der Waals surface area contributed by atoms with Gasteiger partial charge in [0.25, 0.3) is 11.1 Å². The summed E-state index contributed by atoms with van der Waals surface area (Å²) >= 11 is 8.44. The summed E-state index contributed by atoms with van der Waals surface area (Å²) in [6.45, 7) is 0.728. The number of hydrogen-bond acceptors (Lipinski definition) is 6. The summed E-state index contributed by atoms with van der Waals surface area (Å²) in [5, 5.41) is 3.15. The van der Waals surface area contributed by atoms with Crippen LogP contribution in [-0.4, -0.2) is 70.6 Å². The fourth-order valence-corrected chi connectivity index (χ4v) is 6.28. The van der Waals surface area contributed by atoms with E-state index in [0.29, 0.717) is 15.8 Å². The number of amides is 3. The monoisotopic (exact) mass is 429 g/mol. The van der Waals surface area contributed by atoms with Gasteiger partial charge in [0.2, 0.25) is 0 Å². The van der Waals surface area contributed by atoms with Crippen LogP contribution in [0.2, 0.25) is 4.34 Å². The van der Waals surface area contributed by atoms with Crippen LogP contribution < -0.4 is 5.32 Å². The summed E-state index contributed by atoms with van der Waals surface area (Å²) in [5.41, 5.74) is 0. The van der Waals surface area contributed by atoms with Crippen LogP contribution in [0.4, 0.5) is 9.59 Å². The van der Waals surface area contributed by atoms with E-state index >= 15 is 0 Å². The predicted octanol–water partition coefficient (Wildman–Crippen LogP) is 3.04. The molecule has 1 aliphatic carbocycles. The van der Waals surface area contributed by atoms with E-state index in [1.807, 2.05) is 11.9 Å². The van der Waals surface area contributed by atoms with Crippen LogP contribution in [0.25, 0.3) is 0 Å². The van der Waals surface area contributed by atoms with Crippen LogP contribution in [-0.2, 0) is 4.74 Å². The zero-order valence-electron chi connectivity index (χ0n) is 14.7. The molecule has 3 amide bonds. The van der Waals surface area contributed by atoms with Crippen LogP contribution in [0.15, 0.2) is 12.1 Å². The minimum Gasteiger partial charge on any atom is -0.442 e. The number of ether oxygens (including phenoxy) is 1. The number of hydrogen-bond donors (Lipinski definition) is 1. The van der Waals surface area contributed by atoms with Crippen molar-refractivity contribution in [3.05, 3.63) is 21.3 Å². The van der Waals surface area contributed by atoms with E-state index < -0.39 is 0 Å². The molecule has 3 unspecified atom stereocenters. The van der Waals surface area contributed by atoms with Crippen molar-refractivity contribution in [3.63, 3.8) is 0 Å². The van der Waals surface area contributed by atoms with Crippen molar-refractivity contribution in [1.82, 2.24) is 15.1 Å². The van der Waals surface area contributed by atoms with Gasteiger partial charge in [0, 0.05) is 24.4 Å².